The van der Waals surface area contributed by atoms with Crippen molar-refractivity contribution >= 4 is 34.1 Å². The molecule has 6 heteroatoms. The van der Waals surface area contributed by atoms with Crippen LogP contribution >= 0.6 is 11.8 Å². The highest BCUT2D eigenvalue weighted by molar-refractivity contribution is 7.99. The number of carbonyl (C=O) groups excluding carboxylic acids is 1. The lowest BCUT2D eigenvalue weighted by Crippen LogP contribution is -2.15. The maximum atomic E-state index is 12.2. The summed E-state index contributed by atoms with van der Waals surface area (Å²) < 4.78 is 1.95. The molecule has 0 saturated heterocycles. The highest BCUT2D eigenvalue weighted by atomic mass is 32.2. The molecule has 118 valence electrons. The summed E-state index contributed by atoms with van der Waals surface area (Å²) >= 11 is 1.39. The van der Waals surface area contributed by atoms with Gasteiger partial charge in [0.15, 0.2) is 5.16 Å². The minimum absolute atomic E-state index is 0.0512. The van der Waals surface area contributed by atoms with Crippen molar-refractivity contribution in [3.63, 3.8) is 0 Å². The van der Waals surface area contributed by atoms with Gasteiger partial charge in [0.25, 0.3) is 0 Å². The van der Waals surface area contributed by atoms with E-state index in [9.17, 15) is 4.79 Å². The molecule has 0 atom stereocenters. The van der Waals surface area contributed by atoms with Gasteiger partial charge in [0, 0.05) is 17.1 Å². The van der Waals surface area contributed by atoms with Crippen LogP contribution in [0.2, 0.25) is 0 Å². The molecule has 2 aromatic carbocycles. The Kier molecular flexibility index (Phi) is 4.62. The van der Waals surface area contributed by atoms with Gasteiger partial charge in [-0.1, -0.05) is 48.2 Å². The highest BCUT2D eigenvalue weighted by Gasteiger charge is 2.11. The number of thioether (sulfide) groups is 1. The van der Waals surface area contributed by atoms with Gasteiger partial charge in [-0.05, 0) is 25.3 Å². The number of rotatable bonds is 5. The zero-order valence-electron chi connectivity index (χ0n) is 13.1. The number of hydrogen-bond acceptors (Lipinski definition) is 4. The molecule has 0 saturated carbocycles. The summed E-state index contributed by atoms with van der Waals surface area (Å²) in [6, 6.07) is 14.2. The molecule has 0 aliphatic rings. The number of nitrogens with zero attached hydrogens (tertiary/aromatic N) is 3. The van der Waals surface area contributed by atoms with E-state index < -0.39 is 0 Å². The summed E-state index contributed by atoms with van der Waals surface area (Å²) in [5, 5.41) is 13.9. The second-order valence-corrected chi connectivity index (χ2v) is 6.42. The van der Waals surface area contributed by atoms with E-state index in [0.29, 0.717) is 5.75 Å². The first kappa shape index (κ1) is 15.6. The summed E-state index contributed by atoms with van der Waals surface area (Å²) in [4.78, 5) is 12.2. The van der Waals surface area contributed by atoms with Gasteiger partial charge in [0.2, 0.25) is 5.91 Å². The molecule has 23 heavy (non-hydrogen) atoms. The SMILES string of the molecule is CC(C)n1cnnc1SCC(=O)Nc1cccc2ccccc12. The van der Waals surface area contributed by atoms with Crippen LogP contribution < -0.4 is 5.32 Å². The summed E-state index contributed by atoms with van der Waals surface area (Å²) in [6.07, 6.45) is 1.69. The number of benzene rings is 2. The zero-order chi connectivity index (χ0) is 16.2. The Hall–Kier alpha value is -2.34. The second-order valence-electron chi connectivity index (χ2n) is 5.48. The first-order chi connectivity index (χ1) is 11.1. The van der Waals surface area contributed by atoms with Gasteiger partial charge in [-0.15, -0.1) is 10.2 Å². The minimum Gasteiger partial charge on any atom is -0.325 e. The average molecular weight is 326 g/mol. The standard InChI is InChI=1S/C17H18N4OS/c1-12(2)21-11-18-20-17(21)23-10-16(22)19-15-9-5-7-13-6-3-4-8-14(13)15/h3-9,11-12H,10H2,1-2H3,(H,19,22). The van der Waals surface area contributed by atoms with E-state index in [1.54, 1.807) is 6.33 Å². The summed E-state index contributed by atoms with van der Waals surface area (Å²) in [5.74, 6) is 0.249. The van der Waals surface area contributed by atoms with Crippen LogP contribution in [0.1, 0.15) is 19.9 Å². The zero-order valence-corrected chi connectivity index (χ0v) is 13.9. The van der Waals surface area contributed by atoms with Gasteiger partial charge in [-0.2, -0.15) is 0 Å². The molecule has 1 N–H and O–H groups in total. The molecule has 0 aliphatic heterocycles. The van der Waals surface area contributed by atoms with Gasteiger partial charge in [-0.3, -0.25) is 4.79 Å². The van der Waals surface area contributed by atoms with E-state index >= 15 is 0 Å². The number of carbonyl (C=O) groups is 1. The number of nitrogens with one attached hydrogen (secondary N) is 1. The van der Waals surface area contributed by atoms with Crippen molar-refractivity contribution in [1.29, 1.82) is 0 Å². The summed E-state index contributed by atoms with van der Waals surface area (Å²) in [5.41, 5.74) is 0.832. The van der Waals surface area contributed by atoms with E-state index in [4.69, 9.17) is 0 Å². The fraction of sp³-hybridized carbons (Fsp3) is 0.235. The first-order valence-corrected chi connectivity index (χ1v) is 8.43. The van der Waals surface area contributed by atoms with Crippen molar-refractivity contribution in [2.45, 2.75) is 25.0 Å². The molecule has 3 aromatic rings. The number of hydrogen-bond donors (Lipinski definition) is 1. The molecule has 1 heterocycles. The predicted octanol–water partition coefficient (Wildman–Crippen LogP) is 3.74. The van der Waals surface area contributed by atoms with Crippen LogP contribution in [-0.4, -0.2) is 26.4 Å². The van der Waals surface area contributed by atoms with Crippen LogP contribution in [0.5, 0.6) is 0 Å². The Bertz CT molecular complexity index is 823. The van der Waals surface area contributed by atoms with Crippen molar-refractivity contribution in [2.24, 2.45) is 0 Å². The largest absolute Gasteiger partial charge is 0.325 e. The average Bonchev–Trinajstić information content (AvgIpc) is 3.02. The van der Waals surface area contributed by atoms with E-state index in [1.165, 1.54) is 11.8 Å². The Labute approximate surface area is 139 Å². The Balaban J connectivity index is 1.68. The second kappa shape index (κ2) is 6.83. The smallest absolute Gasteiger partial charge is 0.234 e. The van der Waals surface area contributed by atoms with Gasteiger partial charge in [0.1, 0.15) is 6.33 Å². The monoisotopic (exact) mass is 326 g/mol. The van der Waals surface area contributed by atoms with Crippen LogP contribution in [0.25, 0.3) is 10.8 Å². The quantitative estimate of drug-likeness (QED) is 0.726. The Morgan fingerprint density at radius 2 is 2.00 bits per heavy atom. The maximum Gasteiger partial charge on any atom is 0.234 e. The fourth-order valence-corrected chi connectivity index (χ4v) is 3.18. The molecule has 0 bridgehead atoms. The van der Waals surface area contributed by atoms with E-state index in [2.05, 4.69) is 29.4 Å². The van der Waals surface area contributed by atoms with Crippen LogP contribution in [0.3, 0.4) is 0 Å². The third kappa shape index (κ3) is 3.53. The van der Waals surface area contributed by atoms with Gasteiger partial charge in [0.05, 0.1) is 5.75 Å². The highest BCUT2D eigenvalue weighted by Crippen LogP contribution is 2.24. The molecular weight excluding hydrogens is 308 g/mol. The molecule has 0 radical (unpaired) electrons. The molecule has 1 amide bonds. The number of aromatic nitrogens is 3. The van der Waals surface area contributed by atoms with Gasteiger partial charge < -0.3 is 9.88 Å². The van der Waals surface area contributed by atoms with E-state index in [0.717, 1.165) is 21.6 Å². The van der Waals surface area contributed by atoms with Gasteiger partial charge >= 0.3 is 0 Å². The molecule has 3 rings (SSSR count). The molecule has 0 fully saturated rings. The van der Waals surface area contributed by atoms with Gasteiger partial charge in [-0.25, -0.2) is 0 Å². The van der Waals surface area contributed by atoms with Crippen LogP contribution in [0, 0.1) is 0 Å². The van der Waals surface area contributed by atoms with Crippen LogP contribution in [-0.2, 0) is 4.79 Å². The Morgan fingerprint density at radius 3 is 2.83 bits per heavy atom. The topological polar surface area (TPSA) is 59.8 Å². The molecule has 0 unspecified atom stereocenters. The molecule has 0 spiro atoms. The third-order valence-electron chi connectivity index (χ3n) is 3.49. The summed E-state index contributed by atoms with van der Waals surface area (Å²) in [7, 11) is 0. The molecular formula is C17H18N4OS. The van der Waals surface area contributed by atoms with Crippen molar-refractivity contribution < 1.29 is 4.79 Å². The van der Waals surface area contributed by atoms with Crippen LogP contribution in [0.15, 0.2) is 53.9 Å². The lowest BCUT2D eigenvalue weighted by atomic mass is 10.1. The number of amides is 1. The van der Waals surface area contributed by atoms with Crippen LogP contribution in [0.4, 0.5) is 5.69 Å². The normalized spacial score (nSPS) is 11.1. The number of fused-ring (bicyclic) bond motifs is 1. The lowest BCUT2D eigenvalue weighted by molar-refractivity contribution is -0.113. The van der Waals surface area contributed by atoms with Crippen molar-refractivity contribution in [3.8, 4) is 0 Å². The lowest BCUT2D eigenvalue weighted by Gasteiger charge is -2.10. The van der Waals surface area contributed by atoms with E-state index in [-0.39, 0.29) is 11.9 Å². The first-order valence-electron chi connectivity index (χ1n) is 7.45. The molecule has 5 nitrogen and oxygen atoms in total. The summed E-state index contributed by atoms with van der Waals surface area (Å²) in [6.45, 7) is 4.12. The van der Waals surface area contributed by atoms with Crippen molar-refractivity contribution in [3.05, 3.63) is 48.8 Å². The molecule has 1 aromatic heterocycles. The maximum absolute atomic E-state index is 12.2. The predicted molar refractivity (Wildman–Crippen MR) is 93.7 cm³/mol. The fourth-order valence-electron chi connectivity index (χ4n) is 2.34. The van der Waals surface area contributed by atoms with Crippen molar-refractivity contribution in [1.82, 2.24) is 14.8 Å². The molecule has 0 aliphatic carbocycles. The number of anilines is 1. The third-order valence-corrected chi connectivity index (χ3v) is 4.45. The minimum atomic E-state index is -0.0512. The van der Waals surface area contributed by atoms with E-state index in [1.807, 2.05) is 47.0 Å². The Morgan fingerprint density at radius 1 is 1.22 bits per heavy atom. The van der Waals surface area contributed by atoms with Crippen molar-refractivity contribution in [2.75, 3.05) is 11.1 Å².